The van der Waals surface area contributed by atoms with Crippen LogP contribution in [0.2, 0.25) is 0 Å². The number of nitrogens with zero attached hydrogens (tertiary/aromatic N) is 2. The molecule has 1 heterocycles. The smallest absolute Gasteiger partial charge is 0.0991 e. The van der Waals surface area contributed by atoms with E-state index < -0.39 is 0 Å². The van der Waals surface area contributed by atoms with Gasteiger partial charge in [0.1, 0.15) is 0 Å². The van der Waals surface area contributed by atoms with E-state index in [2.05, 4.69) is 17.9 Å². The van der Waals surface area contributed by atoms with Gasteiger partial charge in [0.2, 0.25) is 0 Å². The van der Waals surface area contributed by atoms with Crippen LogP contribution in [0.4, 0.5) is 5.69 Å². The van der Waals surface area contributed by atoms with E-state index in [9.17, 15) is 5.11 Å². The molecular formula is C15H20N2O. The molecule has 18 heavy (non-hydrogen) atoms. The van der Waals surface area contributed by atoms with Crippen molar-refractivity contribution in [2.75, 3.05) is 24.6 Å². The van der Waals surface area contributed by atoms with Gasteiger partial charge in [0.25, 0.3) is 0 Å². The van der Waals surface area contributed by atoms with Crippen molar-refractivity contribution in [3.05, 3.63) is 29.8 Å². The van der Waals surface area contributed by atoms with Crippen LogP contribution >= 0.6 is 0 Å². The number of aliphatic hydroxyl groups excluding tert-OH is 1. The van der Waals surface area contributed by atoms with Gasteiger partial charge >= 0.3 is 0 Å². The zero-order valence-corrected chi connectivity index (χ0v) is 10.9. The van der Waals surface area contributed by atoms with Gasteiger partial charge in [-0.25, -0.2) is 0 Å². The third-order valence-electron chi connectivity index (χ3n) is 4.11. The standard InChI is InChI=1S/C15H20N2O/c1-2-15(12-18)8-3-9-17(11-15)14-6-4-13(10-16)5-7-14/h4-7,18H,2-3,8-9,11-12H2,1H3. The van der Waals surface area contributed by atoms with E-state index in [0.717, 1.165) is 38.0 Å². The molecule has 1 fully saturated rings. The van der Waals surface area contributed by atoms with Crippen LogP contribution in [-0.4, -0.2) is 24.8 Å². The third kappa shape index (κ3) is 2.49. The molecule has 1 aromatic carbocycles. The first-order chi connectivity index (χ1) is 8.73. The molecule has 1 aromatic rings. The summed E-state index contributed by atoms with van der Waals surface area (Å²) in [6, 6.07) is 9.86. The van der Waals surface area contributed by atoms with E-state index in [-0.39, 0.29) is 12.0 Å². The van der Waals surface area contributed by atoms with Crippen LogP contribution in [0, 0.1) is 16.7 Å². The van der Waals surface area contributed by atoms with E-state index in [0.29, 0.717) is 5.56 Å². The van der Waals surface area contributed by atoms with Crippen molar-refractivity contribution in [3.8, 4) is 6.07 Å². The number of hydrogen-bond donors (Lipinski definition) is 1. The van der Waals surface area contributed by atoms with Crippen LogP contribution in [0.1, 0.15) is 31.7 Å². The lowest BCUT2D eigenvalue weighted by molar-refractivity contribution is 0.101. The van der Waals surface area contributed by atoms with Gasteiger partial charge in [0, 0.05) is 24.2 Å². The average molecular weight is 244 g/mol. The Hall–Kier alpha value is -1.53. The topological polar surface area (TPSA) is 47.3 Å². The Morgan fingerprint density at radius 2 is 2.11 bits per heavy atom. The number of nitriles is 1. The largest absolute Gasteiger partial charge is 0.396 e. The lowest BCUT2D eigenvalue weighted by atomic mass is 9.78. The fourth-order valence-corrected chi connectivity index (χ4v) is 2.70. The van der Waals surface area contributed by atoms with E-state index >= 15 is 0 Å². The maximum Gasteiger partial charge on any atom is 0.0991 e. The van der Waals surface area contributed by atoms with Gasteiger partial charge in [-0.05, 0) is 43.5 Å². The summed E-state index contributed by atoms with van der Waals surface area (Å²) >= 11 is 0. The summed E-state index contributed by atoms with van der Waals surface area (Å²) in [6.45, 7) is 4.36. The minimum Gasteiger partial charge on any atom is -0.396 e. The molecule has 1 N–H and O–H groups in total. The quantitative estimate of drug-likeness (QED) is 0.889. The summed E-state index contributed by atoms with van der Waals surface area (Å²) < 4.78 is 0. The monoisotopic (exact) mass is 244 g/mol. The van der Waals surface area contributed by atoms with Crippen LogP contribution in [0.15, 0.2) is 24.3 Å². The van der Waals surface area contributed by atoms with Gasteiger partial charge in [-0.3, -0.25) is 0 Å². The Kier molecular flexibility index (Phi) is 3.88. The number of benzene rings is 1. The summed E-state index contributed by atoms with van der Waals surface area (Å²) in [5, 5.41) is 18.4. The van der Waals surface area contributed by atoms with Gasteiger partial charge in [-0.2, -0.15) is 5.26 Å². The third-order valence-corrected chi connectivity index (χ3v) is 4.11. The highest BCUT2D eigenvalue weighted by atomic mass is 16.3. The Labute approximate surface area is 109 Å². The highest BCUT2D eigenvalue weighted by Gasteiger charge is 2.33. The summed E-state index contributed by atoms with van der Waals surface area (Å²) in [4.78, 5) is 2.32. The zero-order valence-electron chi connectivity index (χ0n) is 10.9. The fourth-order valence-electron chi connectivity index (χ4n) is 2.70. The fraction of sp³-hybridized carbons (Fsp3) is 0.533. The Balaban J connectivity index is 2.15. The first-order valence-corrected chi connectivity index (χ1v) is 6.59. The van der Waals surface area contributed by atoms with Crippen LogP contribution < -0.4 is 4.90 Å². The molecule has 3 heteroatoms. The van der Waals surface area contributed by atoms with E-state index in [1.807, 2.05) is 24.3 Å². The Morgan fingerprint density at radius 1 is 1.39 bits per heavy atom. The molecule has 1 saturated heterocycles. The molecule has 0 aliphatic carbocycles. The van der Waals surface area contributed by atoms with Crippen LogP contribution in [-0.2, 0) is 0 Å². The van der Waals surface area contributed by atoms with Crippen molar-refractivity contribution in [3.63, 3.8) is 0 Å². The molecule has 2 rings (SSSR count). The maximum atomic E-state index is 9.62. The highest BCUT2D eigenvalue weighted by Crippen LogP contribution is 2.34. The molecule has 0 aromatic heterocycles. The first-order valence-electron chi connectivity index (χ1n) is 6.59. The van der Waals surface area contributed by atoms with Crippen LogP contribution in [0.25, 0.3) is 0 Å². The number of anilines is 1. The zero-order chi connectivity index (χ0) is 13.0. The number of aliphatic hydroxyl groups is 1. The normalized spacial score (nSPS) is 23.7. The summed E-state index contributed by atoms with van der Waals surface area (Å²) in [5.74, 6) is 0. The SMILES string of the molecule is CCC1(CO)CCCN(c2ccc(C#N)cc2)C1. The van der Waals surface area contributed by atoms with Crippen molar-refractivity contribution in [2.24, 2.45) is 5.41 Å². The van der Waals surface area contributed by atoms with Crippen molar-refractivity contribution in [1.29, 1.82) is 5.26 Å². The molecule has 0 radical (unpaired) electrons. The molecule has 96 valence electrons. The van der Waals surface area contributed by atoms with E-state index in [1.54, 1.807) is 0 Å². The average Bonchev–Trinajstić information content (AvgIpc) is 2.47. The van der Waals surface area contributed by atoms with Crippen molar-refractivity contribution in [1.82, 2.24) is 0 Å². The number of piperidine rings is 1. The summed E-state index contributed by atoms with van der Waals surface area (Å²) in [6.07, 6.45) is 3.23. The second kappa shape index (κ2) is 5.41. The summed E-state index contributed by atoms with van der Waals surface area (Å²) in [5.41, 5.74) is 1.89. The second-order valence-electron chi connectivity index (χ2n) is 5.20. The minimum atomic E-state index is 0.0478. The molecule has 0 spiro atoms. The predicted molar refractivity (Wildman–Crippen MR) is 72.4 cm³/mol. The van der Waals surface area contributed by atoms with Gasteiger partial charge in [-0.1, -0.05) is 6.92 Å². The summed E-state index contributed by atoms with van der Waals surface area (Å²) in [7, 11) is 0. The van der Waals surface area contributed by atoms with Crippen LogP contribution in [0.5, 0.6) is 0 Å². The Morgan fingerprint density at radius 3 is 2.67 bits per heavy atom. The molecule has 0 bridgehead atoms. The molecule has 1 aliphatic rings. The number of hydrogen-bond acceptors (Lipinski definition) is 3. The number of rotatable bonds is 3. The Bertz CT molecular complexity index is 429. The van der Waals surface area contributed by atoms with E-state index in [4.69, 9.17) is 5.26 Å². The molecule has 1 atom stereocenters. The van der Waals surface area contributed by atoms with Crippen molar-refractivity contribution >= 4 is 5.69 Å². The van der Waals surface area contributed by atoms with Gasteiger partial charge < -0.3 is 10.0 Å². The van der Waals surface area contributed by atoms with Crippen LogP contribution in [0.3, 0.4) is 0 Å². The molecule has 0 saturated carbocycles. The predicted octanol–water partition coefficient (Wildman–Crippen LogP) is 2.55. The molecule has 1 unspecified atom stereocenters. The lowest BCUT2D eigenvalue weighted by Crippen LogP contribution is -2.45. The lowest BCUT2D eigenvalue weighted by Gasteiger charge is -2.42. The molecule has 3 nitrogen and oxygen atoms in total. The van der Waals surface area contributed by atoms with Crippen molar-refractivity contribution in [2.45, 2.75) is 26.2 Å². The highest BCUT2D eigenvalue weighted by molar-refractivity contribution is 5.50. The van der Waals surface area contributed by atoms with Gasteiger partial charge in [-0.15, -0.1) is 0 Å². The first kappa shape index (κ1) is 12.9. The maximum absolute atomic E-state index is 9.62. The van der Waals surface area contributed by atoms with Gasteiger partial charge in [0.05, 0.1) is 18.2 Å². The van der Waals surface area contributed by atoms with Crippen molar-refractivity contribution < 1.29 is 5.11 Å². The van der Waals surface area contributed by atoms with E-state index in [1.165, 1.54) is 0 Å². The molecular weight excluding hydrogens is 224 g/mol. The molecule has 1 aliphatic heterocycles. The molecule has 0 amide bonds. The second-order valence-corrected chi connectivity index (χ2v) is 5.20. The minimum absolute atomic E-state index is 0.0478. The van der Waals surface area contributed by atoms with Gasteiger partial charge in [0.15, 0.2) is 0 Å².